The lowest BCUT2D eigenvalue weighted by molar-refractivity contribution is -0.114. The van der Waals surface area contributed by atoms with Gasteiger partial charge in [0, 0.05) is 24.6 Å². The van der Waals surface area contributed by atoms with Crippen LogP contribution >= 0.6 is 12.4 Å². The number of carbonyl (C=O) groups excluding carboxylic acids is 1. The summed E-state index contributed by atoms with van der Waals surface area (Å²) in [5, 5.41) is 6.33. The maximum atomic E-state index is 11.1. The number of anilines is 1. The highest BCUT2D eigenvalue weighted by Gasteiger charge is 2.14. The van der Waals surface area contributed by atoms with Crippen molar-refractivity contribution in [1.82, 2.24) is 5.32 Å². The number of nitrogens with one attached hydrogen (secondary N) is 2. The topological polar surface area (TPSA) is 50.4 Å². The molecule has 0 aliphatic rings. The number of hydrogen-bond acceptors (Lipinski definition) is 3. The van der Waals surface area contributed by atoms with Crippen molar-refractivity contribution in [2.75, 3.05) is 18.5 Å². The fourth-order valence-corrected chi connectivity index (χ4v) is 3.49. The lowest BCUT2D eigenvalue weighted by Crippen LogP contribution is -2.33. The Bertz CT molecular complexity index is 862. The summed E-state index contributed by atoms with van der Waals surface area (Å²) >= 11 is 0. The van der Waals surface area contributed by atoms with E-state index in [0.717, 1.165) is 24.4 Å². The van der Waals surface area contributed by atoms with Gasteiger partial charge in [0.15, 0.2) is 0 Å². The molecule has 1 unspecified atom stereocenters. The van der Waals surface area contributed by atoms with Gasteiger partial charge in [-0.25, -0.2) is 0 Å². The van der Waals surface area contributed by atoms with Crippen molar-refractivity contribution in [2.24, 2.45) is 0 Å². The molecule has 2 N–H and O–H groups in total. The van der Waals surface area contributed by atoms with E-state index in [2.05, 4.69) is 78.2 Å². The standard InChI is InChI=1S/C26H30N2O2.ClH/c1-20(19-30-25-15-13-24(14-16-25)28-21(2)29)27-18-17-26(22-9-5-3-6-10-22)23-11-7-4-8-12-23;/h3-16,20,26-27H,17-19H2,1-2H3,(H,28,29);1H. The number of benzene rings is 3. The lowest BCUT2D eigenvalue weighted by atomic mass is 9.88. The maximum absolute atomic E-state index is 11.1. The van der Waals surface area contributed by atoms with Gasteiger partial charge < -0.3 is 15.4 Å². The van der Waals surface area contributed by atoms with E-state index in [-0.39, 0.29) is 24.4 Å². The van der Waals surface area contributed by atoms with Crippen LogP contribution in [0.25, 0.3) is 0 Å². The third-order valence-electron chi connectivity index (χ3n) is 5.00. The first-order valence-corrected chi connectivity index (χ1v) is 10.5. The molecule has 0 spiro atoms. The van der Waals surface area contributed by atoms with Crippen LogP contribution in [0, 0.1) is 0 Å². The van der Waals surface area contributed by atoms with Crippen molar-refractivity contribution in [3.63, 3.8) is 0 Å². The van der Waals surface area contributed by atoms with Gasteiger partial charge in [-0.1, -0.05) is 60.7 Å². The fraction of sp³-hybridized carbons (Fsp3) is 0.269. The maximum Gasteiger partial charge on any atom is 0.221 e. The minimum atomic E-state index is -0.0780. The summed E-state index contributed by atoms with van der Waals surface area (Å²) in [5.74, 6) is 1.09. The normalized spacial score (nSPS) is 11.5. The van der Waals surface area contributed by atoms with E-state index in [4.69, 9.17) is 4.74 Å². The van der Waals surface area contributed by atoms with Gasteiger partial charge in [-0.3, -0.25) is 4.79 Å². The largest absolute Gasteiger partial charge is 0.492 e. The third-order valence-corrected chi connectivity index (χ3v) is 5.00. The smallest absolute Gasteiger partial charge is 0.221 e. The Morgan fingerprint density at radius 3 is 1.94 bits per heavy atom. The fourth-order valence-electron chi connectivity index (χ4n) is 3.49. The first kappa shape index (κ1) is 24.4. The number of halogens is 1. The van der Waals surface area contributed by atoms with E-state index in [9.17, 15) is 4.79 Å². The highest BCUT2D eigenvalue weighted by molar-refractivity contribution is 5.88. The quantitative estimate of drug-likeness (QED) is 0.430. The highest BCUT2D eigenvalue weighted by Crippen LogP contribution is 2.27. The Balaban J connectivity index is 0.00000341. The minimum absolute atomic E-state index is 0. The van der Waals surface area contributed by atoms with Gasteiger partial charge in [0.2, 0.25) is 5.91 Å². The molecular weight excluding hydrogens is 408 g/mol. The van der Waals surface area contributed by atoms with Crippen LogP contribution in [-0.2, 0) is 4.79 Å². The Hall–Kier alpha value is -2.82. The van der Waals surface area contributed by atoms with Crippen molar-refractivity contribution in [3.05, 3.63) is 96.1 Å². The van der Waals surface area contributed by atoms with Crippen molar-refractivity contribution in [1.29, 1.82) is 0 Å². The molecule has 0 radical (unpaired) electrons. The highest BCUT2D eigenvalue weighted by atomic mass is 35.5. The Kier molecular flexibility index (Phi) is 10.1. The number of ether oxygens (including phenoxy) is 1. The Morgan fingerprint density at radius 2 is 1.42 bits per heavy atom. The first-order chi connectivity index (χ1) is 14.6. The van der Waals surface area contributed by atoms with Crippen LogP contribution < -0.4 is 15.4 Å². The van der Waals surface area contributed by atoms with Crippen LogP contribution in [0.5, 0.6) is 5.75 Å². The summed E-state index contributed by atoms with van der Waals surface area (Å²) in [6.07, 6.45) is 1.02. The molecule has 4 nitrogen and oxygen atoms in total. The summed E-state index contributed by atoms with van der Waals surface area (Å²) in [5.41, 5.74) is 3.45. The van der Waals surface area contributed by atoms with E-state index < -0.39 is 0 Å². The van der Waals surface area contributed by atoms with Crippen LogP contribution in [0.3, 0.4) is 0 Å². The van der Waals surface area contributed by atoms with Gasteiger partial charge in [0.05, 0.1) is 0 Å². The number of hydrogen-bond donors (Lipinski definition) is 2. The second kappa shape index (κ2) is 12.8. The SMILES string of the molecule is CC(=O)Nc1ccc(OCC(C)NCCC(c2ccccc2)c2ccccc2)cc1.Cl. The van der Waals surface area contributed by atoms with Crippen LogP contribution in [0.1, 0.15) is 37.3 Å². The predicted octanol–water partition coefficient (Wildman–Crippen LogP) is 5.65. The van der Waals surface area contributed by atoms with E-state index in [1.54, 1.807) is 0 Å². The van der Waals surface area contributed by atoms with E-state index in [0.29, 0.717) is 12.5 Å². The van der Waals surface area contributed by atoms with Gasteiger partial charge >= 0.3 is 0 Å². The van der Waals surface area contributed by atoms with Crippen LogP contribution in [0.4, 0.5) is 5.69 Å². The van der Waals surface area contributed by atoms with Crippen molar-refractivity contribution < 1.29 is 9.53 Å². The molecule has 5 heteroatoms. The molecule has 0 aromatic heterocycles. The molecular formula is C26H31ClN2O2. The van der Waals surface area contributed by atoms with E-state index in [1.807, 2.05) is 24.3 Å². The molecule has 0 bridgehead atoms. The second-order valence-electron chi connectivity index (χ2n) is 7.53. The Labute approximate surface area is 191 Å². The van der Waals surface area contributed by atoms with E-state index in [1.165, 1.54) is 18.1 Å². The summed E-state index contributed by atoms with van der Waals surface area (Å²) < 4.78 is 5.88. The molecule has 0 aliphatic carbocycles. The molecule has 0 fully saturated rings. The lowest BCUT2D eigenvalue weighted by Gasteiger charge is -2.20. The molecule has 0 heterocycles. The predicted molar refractivity (Wildman–Crippen MR) is 130 cm³/mol. The summed E-state index contributed by atoms with van der Waals surface area (Å²) in [6.45, 7) is 5.12. The zero-order valence-corrected chi connectivity index (χ0v) is 18.9. The molecule has 3 aromatic rings. The van der Waals surface area contributed by atoms with Crippen molar-refractivity contribution in [2.45, 2.75) is 32.2 Å². The van der Waals surface area contributed by atoms with Crippen LogP contribution in [-0.4, -0.2) is 25.1 Å². The molecule has 164 valence electrons. The number of rotatable bonds is 10. The molecule has 3 rings (SSSR count). The van der Waals surface area contributed by atoms with Gasteiger partial charge in [0.1, 0.15) is 12.4 Å². The van der Waals surface area contributed by atoms with Crippen LogP contribution in [0.15, 0.2) is 84.9 Å². The van der Waals surface area contributed by atoms with Gasteiger partial charge in [-0.15, -0.1) is 12.4 Å². The molecule has 0 saturated carbocycles. The van der Waals surface area contributed by atoms with Gasteiger partial charge in [0.25, 0.3) is 0 Å². The zero-order chi connectivity index (χ0) is 21.2. The van der Waals surface area contributed by atoms with Crippen molar-refractivity contribution >= 4 is 24.0 Å². The number of carbonyl (C=O) groups is 1. The molecule has 31 heavy (non-hydrogen) atoms. The summed E-state index contributed by atoms with van der Waals surface area (Å²) in [4.78, 5) is 11.1. The van der Waals surface area contributed by atoms with E-state index >= 15 is 0 Å². The summed E-state index contributed by atoms with van der Waals surface area (Å²) in [7, 11) is 0. The molecule has 1 amide bonds. The minimum Gasteiger partial charge on any atom is -0.492 e. The monoisotopic (exact) mass is 438 g/mol. The average molecular weight is 439 g/mol. The molecule has 1 atom stereocenters. The van der Waals surface area contributed by atoms with Gasteiger partial charge in [-0.05, 0) is 55.3 Å². The molecule has 0 aliphatic heterocycles. The molecule has 0 saturated heterocycles. The van der Waals surface area contributed by atoms with Crippen molar-refractivity contribution in [3.8, 4) is 5.75 Å². The summed E-state index contributed by atoms with van der Waals surface area (Å²) in [6, 6.07) is 29.0. The Morgan fingerprint density at radius 1 is 0.871 bits per heavy atom. The third kappa shape index (κ3) is 8.08. The van der Waals surface area contributed by atoms with Gasteiger partial charge in [-0.2, -0.15) is 0 Å². The second-order valence-corrected chi connectivity index (χ2v) is 7.53. The first-order valence-electron chi connectivity index (χ1n) is 10.5. The average Bonchev–Trinajstić information content (AvgIpc) is 2.77. The molecule has 3 aromatic carbocycles. The van der Waals surface area contributed by atoms with Crippen LogP contribution in [0.2, 0.25) is 0 Å². The zero-order valence-electron chi connectivity index (χ0n) is 18.1. The number of amides is 1.